The number of halogens is 1. The molecule has 1 N–H and O–H groups in total. The maximum atomic E-state index is 8.99. The minimum Gasteiger partial charge on any atom is -0.396 e. The molecule has 14 heavy (non-hydrogen) atoms. The molecular weight excluding hydrogens is 242 g/mol. The molecule has 0 aromatic rings. The molecule has 84 valence electrons. The number of rotatable bonds is 5. The summed E-state index contributed by atoms with van der Waals surface area (Å²) in [6.45, 7) is 5.02. The van der Waals surface area contributed by atoms with Crippen LogP contribution in [0.5, 0.6) is 0 Å². The molecule has 0 amide bonds. The molecule has 1 heterocycles. The van der Waals surface area contributed by atoms with E-state index < -0.39 is 0 Å². The van der Waals surface area contributed by atoms with Gasteiger partial charge in [0.1, 0.15) is 0 Å². The van der Waals surface area contributed by atoms with E-state index in [4.69, 9.17) is 5.11 Å². The van der Waals surface area contributed by atoms with Gasteiger partial charge in [0.2, 0.25) is 0 Å². The Morgan fingerprint density at radius 3 is 2.93 bits per heavy atom. The fraction of sp³-hybridized carbons (Fsp3) is 1.00. The number of likely N-dealkylation sites (tertiary alicyclic amines) is 1. The molecule has 0 spiro atoms. The molecule has 2 nitrogen and oxygen atoms in total. The highest BCUT2D eigenvalue weighted by atomic mass is 79.9. The molecule has 0 aromatic heterocycles. The standard InChI is InChI=1S/C11H22BrNO/c1-10(8-12)9-13-6-3-2-4-11(13)5-7-14/h10-11,14H,2-9H2,1H3. The van der Waals surface area contributed by atoms with Gasteiger partial charge >= 0.3 is 0 Å². The summed E-state index contributed by atoms with van der Waals surface area (Å²) in [4.78, 5) is 2.56. The zero-order valence-corrected chi connectivity index (χ0v) is 10.7. The van der Waals surface area contributed by atoms with Crippen molar-refractivity contribution in [2.75, 3.05) is 25.0 Å². The van der Waals surface area contributed by atoms with E-state index in [1.807, 2.05) is 0 Å². The SMILES string of the molecule is CC(CBr)CN1CCCCC1CCO. The Morgan fingerprint density at radius 2 is 2.29 bits per heavy atom. The van der Waals surface area contributed by atoms with E-state index in [1.54, 1.807) is 0 Å². The fourth-order valence-corrected chi connectivity index (χ4v) is 2.43. The number of piperidine rings is 1. The van der Waals surface area contributed by atoms with Crippen molar-refractivity contribution in [1.82, 2.24) is 4.90 Å². The number of aliphatic hydroxyl groups is 1. The second-order valence-corrected chi connectivity index (χ2v) is 5.06. The lowest BCUT2D eigenvalue weighted by Crippen LogP contribution is -2.42. The Kier molecular flexibility index (Phi) is 6.06. The number of hydrogen-bond acceptors (Lipinski definition) is 2. The summed E-state index contributed by atoms with van der Waals surface area (Å²) in [5, 5.41) is 10.1. The Hall–Kier alpha value is 0.400. The second kappa shape index (κ2) is 6.81. The highest BCUT2D eigenvalue weighted by Crippen LogP contribution is 2.20. The fourth-order valence-electron chi connectivity index (χ4n) is 2.23. The van der Waals surface area contributed by atoms with Gasteiger partial charge in [-0.1, -0.05) is 29.3 Å². The lowest BCUT2D eigenvalue weighted by molar-refractivity contribution is 0.108. The van der Waals surface area contributed by atoms with Crippen molar-refractivity contribution in [3.8, 4) is 0 Å². The largest absolute Gasteiger partial charge is 0.396 e. The predicted molar refractivity (Wildman–Crippen MR) is 63.9 cm³/mol. The van der Waals surface area contributed by atoms with E-state index in [0.29, 0.717) is 18.6 Å². The van der Waals surface area contributed by atoms with Crippen LogP contribution in [-0.2, 0) is 0 Å². The van der Waals surface area contributed by atoms with Crippen LogP contribution in [0.2, 0.25) is 0 Å². The van der Waals surface area contributed by atoms with Crippen molar-refractivity contribution in [2.45, 2.75) is 38.6 Å². The Balaban J connectivity index is 2.37. The van der Waals surface area contributed by atoms with Crippen molar-refractivity contribution in [3.05, 3.63) is 0 Å². The van der Waals surface area contributed by atoms with Gasteiger partial charge in [-0.3, -0.25) is 0 Å². The van der Waals surface area contributed by atoms with Gasteiger partial charge in [-0.05, 0) is 31.7 Å². The maximum Gasteiger partial charge on any atom is 0.0445 e. The maximum absolute atomic E-state index is 8.99. The van der Waals surface area contributed by atoms with Crippen LogP contribution < -0.4 is 0 Å². The zero-order valence-electron chi connectivity index (χ0n) is 9.08. The first kappa shape index (κ1) is 12.5. The van der Waals surface area contributed by atoms with Crippen LogP contribution in [0.4, 0.5) is 0 Å². The third-order valence-electron chi connectivity index (χ3n) is 3.02. The van der Waals surface area contributed by atoms with Crippen LogP contribution in [0.3, 0.4) is 0 Å². The smallest absolute Gasteiger partial charge is 0.0445 e. The van der Waals surface area contributed by atoms with Crippen LogP contribution in [0.25, 0.3) is 0 Å². The van der Waals surface area contributed by atoms with Gasteiger partial charge in [0, 0.05) is 24.5 Å². The van der Waals surface area contributed by atoms with E-state index in [2.05, 4.69) is 27.8 Å². The van der Waals surface area contributed by atoms with Gasteiger partial charge < -0.3 is 10.0 Å². The third kappa shape index (κ3) is 3.87. The Bertz CT molecular complexity index is 152. The van der Waals surface area contributed by atoms with Crippen LogP contribution >= 0.6 is 15.9 Å². The van der Waals surface area contributed by atoms with Crippen molar-refractivity contribution < 1.29 is 5.11 Å². The zero-order chi connectivity index (χ0) is 10.4. The third-order valence-corrected chi connectivity index (χ3v) is 4.13. The van der Waals surface area contributed by atoms with Crippen molar-refractivity contribution in [1.29, 1.82) is 0 Å². The summed E-state index contributed by atoms with van der Waals surface area (Å²) < 4.78 is 0. The van der Waals surface area contributed by atoms with E-state index >= 15 is 0 Å². The topological polar surface area (TPSA) is 23.5 Å². The minimum atomic E-state index is 0.337. The average Bonchev–Trinajstić information content (AvgIpc) is 2.21. The van der Waals surface area contributed by atoms with Gasteiger partial charge in [-0.15, -0.1) is 0 Å². The van der Waals surface area contributed by atoms with E-state index in [1.165, 1.54) is 32.4 Å². The molecular formula is C11H22BrNO. The second-order valence-electron chi connectivity index (χ2n) is 4.42. The van der Waals surface area contributed by atoms with Crippen LogP contribution in [-0.4, -0.2) is 41.1 Å². The van der Waals surface area contributed by atoms with Gasteiger partial charge in [-0.2, -0.15) is 0 Å². The Labute approximate surface area is 95.8 Å². The normalized spacial score (nSPS) is 26.4. The number of hydrogen-bond donors (Lipinski definition) is 1. The first-order valence-corrected chi connectivity index (χ1v) is 6.81. The van der Waals surface area contributed by atoms with E-state index in [-0.39, 0.29) is 0 Å². The van der Waals surface area contributed by atoms with E-state index in [0.717, 1.165) is 11.8 Å². The molecule has 1 aliphatic rings. The predicted octanol–water partition coefficient (Wildman–Crippen LogP) is 2.25. The molecule has 0 aromatic carbocycles. The molecule has 0 radical (unpaired) electrons. The lowest BCUT2D eigenvalue weighted by atomic mass is 9.98. The van der Waals surface area contributed by atoms with E-state index in [9.17, 15) is 0 Å². The average molecular weight is 264 g/mol. The van der Waals surface area contributed by atoms with Crippen molar-refractivity contribution >= 4 is 15.9 Å². The summed E-state index contributed by atoms with van der Waals surface area (Å²) in [5.74, 6) is 0.717. The lowest BCUT2D eigenvalue weighted by Gasteiger charge is -2.36. The molecule has 1 fully saturated rings. The number of aliphatic hydroxyl groups excluding tert-OH is 1. The molecule has 1 aliphatic heterocycles. The summed E-state index contributed by atoms with van der Waals surface area (Å²) in [6.07, 6.45) is 4.89. The van der Waals surface area contributed by atoms with Gasteiger partial charge in [0.05, 0.1) is 0 Å². The summed E-state index contributed by atoms with van der Waals surface area (Å²) >= 11 is 3.52. The minimum absolute atomic E-state index is 0.337. The summed E-state index contributed by atoms with van der Waals surface area (Å²) in [5.41, 5.74) is 0. The molecule has 1 saturated heterocycles. The molecule has 3 heteroatoms. The van der Waals surface area contributed by atoms with Gasteiger partial charge in [-0.25, -0.2) is 0 Å². The molecule has 0 aliphatic carbocycles. The quantitative estimate of drug-likeness (QED) is 0.770. The first-order chi connectivity index (χ1) is 6.77. The van der Waals surface area contributed by atoms with Crippen LogP contribution in [0.1, 0.15) is 32.6 Å². The summed E-state index contributed by atoms with van der Waals surface area (Å²) in [6, 6.07) is 0.634. The molecule has 1 rings (SSSR count). The number of alkyl halides is 1. The Morgan fingerprint density at radius 1 is 1.50 bits per heavy atom. The van der Waals surface area contributed by atoms with Gasteiger partial charge in [0.25, 0.3) is 0 Å². The molecule has 2 unspecified atom stereocenters. The van der Waals surface area contributed by atoms with Crippen molar-refractivity contribution in [2.24, 2.45) is 5.92 Å². The molecule has 0 saturated carbocycles. The van der Waals surface area contributed by atoms with Crippen molar-refractivity contribution in [3.63, 3.8) is 0 Å². The first-order valence-electron chi connectivity index (χ1n) is 5.68. The monoisotopic (exact) mass is 263 g/mol. The highest BCUT2D eigenvalue weighted by Gasteiger charge is 2.22. The van der Waals surface area contributed by atoms with Crippen LogP contribution in [0, 0.1) is 5.92 Å². The van der Waals surface area contributed by atoms with Gasteiger partial charge in [0.15, 0.2) is 0 Å². The highest BCUT2D eigenvalue weighted by molar-refractivity contribution is 9.09. The number of nitrogens with zero attached hydrogens (tertiary/aromatic N) is 1. The molecule has 2 atom stereocenters. The summed E-state index contributed by atoms with van der Waals surface area (Å²) in [7, 11) is 0. The van der Waals surface area contributed by atoms with Crippen LogP contribution in [0.15, 0.2) is 0 Å². The molecule has 0 bridgehead atoms.